The van der Waals surface area contributed by atoms with Gasteiger partial charge in [-0.3, -0.25) is 10.1 Å². The largest absolute Gasteiger partial charge is 0.518 e. The number of halogens is 4. The standard InChI is InChI=1S/C19H23ClF3N5O3S/c1-4-6-11-12(8-9-13(20)15(11)24)16(29)27-17(28-32(30,31)19(21,22)23)26-14-7-5-10-25-18(14,2)3/h5,7-10,25H,4,6,24H2,1-3H3,(H2,26,27,28,29). The van der Waals surface area contributed by atoms with E-state index in [1.807, 2.05) is 6.92 Å². The zero-order valence-electron chi connectivity index (χ0n) is 17.5. The highest BCUT2D eigenvalue weighted by molar-refractivity contribution is 7.91. The third-order valence-corrected chi connectivity index (χ3v) is 5.85. The van der Waals surface area contributed by atoms with Crippen molar-refractivity contribution in [3.63, 3.8) is 0 Å². The average molecular weight is 494 g/mol. The lowest BCUT2D eigenvalue weighted by atomic mass is 9.98. The smallest absolute Gasteiger partial charge is 0.397 e. The summed E-state index contributed by atoms with van der Waals surface area (Å²) in [5.74, 6) is -1.82. The van der Waals surface area contributed by atoms with Crippen LogP contribution >= 0.6 is 11.6 Å². The van der Waals surface area contributed by atoms with Crippen LogP contribution in [0.25, 0.3) is 0 Å². The van der Waals surface area contributed by atoms with Crippen molar-refractivity contribution in [3.8, 4) is 0 Å². The SMILES string of the molecule is CCCc1c(C(=O)NC(=NS(=O)(=O)C(F)(F)F)NC2=CC=CNC2(C)C)ccc(Cl)c1N. The van der Waals surface area contributed by atoms with E-state index in [9.17, 15) is 26.4 Å². The fraction of sp³-hybridized carbons (Fsp3) is 0.368. The second-order valence-corrected chi connectivity index (χ2v) is 9.39. The van der Waals surface area contributed by atoms with E-state index < -0.39 is 32.9 Å². The van der Waals surface area contributed by atoms with Gasteiger partial charge in [0.1, 0.15) is 0 Å². The highest BCUT2D eigenvalue weighted by Gasteiger charge is 2.46. The number of nitrogens with one attached hydrogen (secondary N) is 3. The third kappa shape index (κ3) is 5.74. The Hall–Kier alpha value is -2.73. The number of nitrogen functional groups attached to an aromatic ring is 1. The number of amides is 1. The molecule has 1 amide bonds. The number of guanidine groups is 1. The van der Waals surface area contributed by atoms with Crippen molar-refractivity contribution < 1.29 is 26.4 Å². The predicted molar refractivity (Wildman–Crippen MR) is 117 cm³/mol. The molecule has 2 rings (SSSR count). The van der Waals surface area contributed by atoms with E-state index in [0.717, 1.165) is 0 Å². The van der Waals surface area contributed by atoms with Crippen molar-refractivity contribution >= 4 is 39.2 Å². The van der Waals surface area contributed by atoms with Gasteiger partial charge in [0.15, 0.2) is 0 Å². The molecule has 32 heavy (non-hydrogen) atoms. The number of hydrogen-bond acceptors (Lipinski definition) is 5. The lowest BCUT2D eigenvalue weighted by molar-refractivity contribution is -0.0435. The molecule has 0 aromatic heterocycles. The van der Waals surface area contributed by atoms with Crippen molar-refractivity contribution in [1.29, 1.82) is 0 Å². The molecular weight excluding hydrogens is 471 g/mol. The normalized spacial score (nSPS) is 16.2. The fourth-order valence-electron chi connectivity index (χ4n) is 2.80. The number of carbonyl (C=O) groups excluding carboxylic acids is 1. The Morgan fingerprint density at radius 2 is 1.97 bits per heavy atom. The van der Waals surface area contributed by atoms with Crippen LogP contribution in [0.5, 0.6) is 0 Å². The Morgan fingerprint density at radius 3 is 2.53 bits per heavy atom. The van der Waals surface area contributed by atoms with Crippen LogP contribution in [0.3, 0.4) is 0 Å². The zero-order chi connectivity index (χ0) is 24.3. The second-order valence-electron chi connectivity index (χ2n) is 7.39. The Bertz CT molecular complexity index is 1100. The monoisotopic (exact) mass is 493 g/mol. The molecule has 0 saturated heterocycles. The molecule has 0 bridgehead atoms. The number of sulfonamides is 1. The number of hydrogen-bond donors (Lipinski definition) is 4. The van der Waals surface area contributed by atoms with E-state index in [4.69, 9.17) is 17.3 Å². The van der Waals surface area contributed by atoms with Crippen molar-refractivity contribution in [2.75, 3.05) is 5.73 Å². The molecule has 0 fully saturated rings. The summed E-state index contributed by atoms with van der Waals surface area (Å²) in [5, 5.41) is 7.76. The van der Waals surface area contributed by atoms with E-state index >= 15 is 0 Å². The molecule has 0 spiro atoms. The summed E-state index contributed by atoms with van der Waals surface area (Å²) in [5.41, 5.74) is 0.315. The summed E-state index contributed by atoms with van der Waals surface area (Å²) in [7, 11) is -5.95. The van der Waals surface area contributed by atoms with Gasteiger partial charge in [-0.25, -0.2) is 0 Å². The quantitative estimate of drug-likeness (QED) is 0.283. The van der Waals surface area contributed by atoms with Gasteiger partial charge in [-0.2, -0.15) is 21.6 Å². The van der Waals surface area contributed by atoms with Crippen LogP contribution in [0, 0.1) is 0 Å². The lowest BCUT2D eigenvalue weighted by Crippen LogP contribution is -2.50. The maximum absolute atomic E-state index is 12.9. The summed E-state index contributed by atoms with van der Waals surface area (Å²) in [6.45, 7) is 5.21. The number of carbonyl (C=O) groups is 1. The summed E-state index contributed by atoms with van der Waals surface area (Å²) in [6.07, 6.45) is 5.61. The number of anilines is 1. The van der Waals surface area contributed by atoms with Crippen molar-refractivity contribution in [2.24, 2.45) is 4.40 Å². The van der Waals surface area contributed by atoms with Crippen molar-refractivity contribution in [1.82, 2.24) is 16.0 Å². The van der Waals surface area contributed by atoms with Gasteiger partial charge in [0, 0.05) is 11.3 Å². The number of nitrogens with zero attached hydrogens (tertiary/aromatic N) is 1. The van der Waals surface area contributed by atoms with Crippen LogP contribution in [-0.4, -0.2) is 31.3 Å². The van der Waals surface area contributed by atoms with Gasteiger partial charge >= 0.3 is 15.5 Å². The number of dihydropyridines is 1. The minimum Gasteiger partial charge on any atom is -0.397 e. The minimum atomic E-state index is -5.95. The maximum Gasteiger partial charge on any atom is 0.518 e. The predicted octanol–water partition coefficient (Wildman–Crippen LogP) is 3.18. The van der Waals surface area contributed by atoms with Crippen LogP contribution < -0.4 is 21.7 Å². The molecule has 1 heterocycles. The summed E-state index contributed by atoms with van der Waals surface area (Å²) in [4.78, 5) is 12.9. The van der Waals surface area contributed by atoms with Gasteiger partial charge in [-0.05, 0) is 56.3 Å². The van der Waals surface area contributed by atoms with E-state index in [1.165, 1.54) is 18.2 Å². The first kappa shape index (κ1) is 25.5. The molecule has 1 aromatic carbocycles. The summed E-state index contributed by atoms with van der Waals surface area (Å²) < 4.78 is 64.9. The fourth-order valence-corrected chi connectivity index (χ4v) is 3.42. The van der Waals surface area contributed by atoms with Crippen LogP contribution in [0.15, 0.2) is 40.6 Å². The molecule has 0 atom stereocenters. The molecule has 0 aliphatic carbocycles. The number of allylic oxidation sites excluding steroid dienone is 2. The third-order valence-electron chi connectivity index (χ3n) is 4.51. The molecular formula is C19H23ClF3N5O3S. The molecule has 1 aliphatic rings. The van der Waals surface area contributed by atoms with Crippen LogP contribution in [0.1, 0.15) is 43.1 Å². The molecule has 0 radical (unpaired) electrons. The van der Waals surface area contributed by atoms with Gasteiger partial charge in [-0.15, -0.1) is 4.40 Å². The highest BCUT2D eigenvalue weighted by atomic mass is 35.5. The van der Waals surface area contributed by atoms with Gasteiger partial charge < -0.3 is 16.4 Å². The van der Waals surface area contributed by atoms with Crippen LogP contribution in [0.4, 0.5) is 18.9 Å². The Labute approximate surface area is 188 Å². The summed E-state index contributed by atoms with van der Waals surface area (Å²) in [6, 6.07) is 2.71. The number of rotatable bonds is 5. The van der Waals surface area contributed by atoms with E-state index in [1.54, 1.807) is 26.1 Å². The molecule has 176 valence electrons. The molecule has 8 nitrogen and oxygen atoms in total. The van der Waals surface area contributed by atoms with Gasteiger partial charge in [-0.1, -0.05) is 24.9 Å². The molecule has 13 heteroatoms. The Balaban J connectivity index is 2.50. The molecule has 5 N–H and O–H groups in total. The first-order valence-corrected chi connectivity index (χ1v) is 11.2. The summed E-state index contributed by atoms with van der Waals surface area (Å²) >= 11 is 6.01. The first-order chi connectivity index (χ1) is 14.7. The highest BCUT2D eigenvalue weighted by Crippen LogP contribution is 2.28. The topological polar surface area (TPSA) is 126 Å². The second kappa shape index (κ2) is 9.41. The Kier molecular flexibility index (Phi) is 7.51. The number of alkyl halides is 3. The maximum atomic E-state index is 12.9. The van der Waals surface area contributed by atoms with E-state index in [0.29, 0.717) is 18.4 Å². The first-order valence-electron chi connectivity index (χ1n) is 9.41. The van der Waals surface area contributed by atoms with E-state index in [-0.39, 0.29) is 22.0 Å². The Morgan fingerprint density at radius 1 is 1.31 bits per heavy atom. The number of benzene rings is 1. The molecule has 0 unspecified atom stereocenters. The average Bonchev–Trinajstić information content (AvgIpc) is 2.66. The lowest BCUT2D eigenvalue weighted by Gasteiger charge is -2.32. The van der Waals surface area contributed by atoms with E-state index in [2.05, 4.69) is 20.3 Å². The molecule has 1 aromatic rings. The van der Waals surface area contributed by atoms with Crippen molar-refractivity contribution in [3.05, 3.63) is 52.3 Å². The molecule has 1 aliphatic heterocycles. The van der Waals surface area contributed by atoms with Crippen molar-refractivity contribution in [2.45, 2.75) is 44.7 Å². The number of nitrogens with two attached hydrogens (primary N) is 1. The van der Waals surface area contributed by atoms with Crippen LogP contribution in [0.2, 0.25) is 5.02 Å². The van der Waals surface area contributed by atoms with Gasteiger partial charge in [0.25, 0.3) is 5.91 Å². The molecule has 0 saturated carbocycles. The van der Waals surface area contributed by atoms with Gasteiger partial charge in [0.05, 0.1) is 16.2 Å². The van der Waals surface area contributed by atoms with Crippen LogP contribution in [-0.2, 0) is 16.4 Å². The van der Waals surface area contributed by atoms with Gasteiger partial charge in [0.2, 0.25) is 5.96 Å². The zero-order valence-corrected chi connectivity index (χ0v) is 19.0. The minimum absolute atomic E-state index is 0.0301.